The number of nitrogens with zero attached hydrogens (tertiary/aromatic N) is 1. The van der Waals surface area contributed by atoms with Crippen LogP contribution in [0.1, 0.15) is 10.6 Å². The van der Waals surface area contributed by atoms with Gasteiger partial charge in [0.2, 0.25) is 0 Å². The minimum Gasteiger partial charge on any atom is -0.497 e. The van der Waals surface area contributed by atoms with E-state index in [1.54, 1.807) is 7.11 Å². The number of benzene rings is 1. The number of fused-ring (bicyclic) bond motifs is 1. The maximum Gasteiger partial charge on any atom is 0.258 e. The van der Waals surface area contributed by atoms with Crippen LogP contribution in [0.4, 0.5) is 0 Å². The Hall–Kier alpha value is -2.31. The Morgan fingerprint density at radius 1 is 1.28 bits per heavy atom. The van der Waals surface area contributed by atoms with E-state index in [0.29, 0.717) is 22.4 Å². The van der Waals surface area contributed by atoms with E-state index in [9.17, 15) is 4.79 Å². The molecule has 2 aromatic heterocycles. The summed E-state index contributed by atoms with van der Waals surface area (Å²) in [5, 5.41) is 3.62. The van der Waals surface area contributed by atoms with E-state index in [4.69, 9.17) is 21.1 Å². The zero-order chi connectivity index (χ0) is 17.8. The van der Waals surface area contributed by atoms with E-state index < -0.39 is 0 Å². The minimum absolute atomic E-state index is 0.0745. The van der Waals surface area contributed by atoms with Crippen molar-refractivity contribution in [3.8, 4) is 11.5 Å². The van der Waals surface area contributed by atoms with Gasteiger partial charge in [0.15, 0.2) is 6.61 Å². The molecule has 2 heterocycles. The highest BCUT2D eigenvalue weighted by Gasteiger charge is 2.10. The number of thiophene rings is 1. The molecule has 0 saturated heterocycles. The van der Waals surface area contributed by atoms with E-state index >= 15 is 0 Å². The fourth-order valence-electron chi connectivity index (χ4n) is 2.37. The molecule has 0 aliphatic carbocycles. The van der Waals surface area contributed by atoms with Gasteiger partial charge in [-0.05, 0) is 37.3 Å². The summed E-state index contributed by atoms with van der Waals surface area (Å²) in [6.45, 7) is 2.25. The van der Waals surface area contributed by atoms with Crippen molar-refractivity contribution >= 4 is 39.7 Å². The standard InChI is InChI=1S/C18H17ClN2O3S/c1-11-7-16(14-8-12(23-2)3-5-15(14)21-11)24-10-18(22)20-9-13-4-6-17(19)25-13/h3-8H,9-10H2,1-2H3,(H,20,22). The molecule has 1 amide bonds. The molecule has 0 atom stereocenters. The summed E-state index contributed by atoms with van der Waals surface area (Å²) in [5.74, 6) is 1.12. The number of nitrogens with one attached hydrogen (secondary N) is 1. The summed E-state index contributed by atoms with van der Waals surface area (Å²) in [7, 11) is 1.60. The average Bonchev–Trinajstić information content (AvgIpc) is 3.02. The molecule has 5 nitrogen and oxygen atoms in total. The third-order valence-corrected chi connectivity index (χ3v) is 4.78. The predicted octanol–water partition coefficient (Wildman–Crippen LogP) is 3.96. The number of methoxy groups -OCH3 is 1. The molecule has 3 rings (SSSR count). The summed E-state index contributed by atoms with van der Waals surface area (Å²) < 4.78 is 11.7. The lowest BCUT2D eigenvalue weighted by atomic mass is 10.1. The van der Waals surface area contributed by atoms with Crippen molar-refractivity contribution in [2.24, 2.45) is 0 Å². The third kappa shape index (κ3) is 4.41. The minimum atomic E-state index is -0.199. The van der Waals surface area contributed by atoms with Crippen molar-refractivity contribution in [1.82, 2.24) is 10.3 Å². The predicted molar refractivity (Wildman–Crippen MR) is 99.7 cm³/mol. The van der Waals surface area contributed by atoms with Gasteiger partial charge in [-0.2, -0.15) is 0 Å². The molecular formula is C18H17ClN2O3S. The van der Waals surface area contributed by atoms with Crippen LogP contribution in [0.15, 0.2) is 36.4 Å². The van der Waals surface area contributed by atoms with Crippen molar-refractivity contribution in [3.05, 3.63) is 51.3 Å². The van der Waals surface area contributed by atoms with Gasteiger partial charge in [0.25, 0.3) is 5.91 Å². The van der Waals surface area contributed by atoms with Gasteiger partial charge in [0.1, 0.15) is 11.5 Å². The molecule has 7 heteroatoms. The van der Waals surface area contributed by atoms with E-state index in [0.717, 1.165) is 21.5 Å². The molecule has 0 bridgehead atoms. The van der Waals surface area contributed by atoms with Crippen LogP contribution in [0.5, 0.6) is 11.5 Å². The molecule has 0 radical (unpaired) electrons. The van der Waals surface area contributed by atoms with Crippen LogP contribution in [0.25, 0.3) is 10.9 Å². The second kappa shape index (κ2) is 7.72. The number of amides is 1. The van der Waals surface area contributed by atoms with Gasteiger partial charge in [0.05, 0.1) is 23.5 Å². The molecule has 3 aromatic rings. The molecule has 25 heavy (non-hydrogen) atoms. The van der Waals surface area contributed by atoms with Crippen LogP contribution in [0.3, 0.4) is 0 Å². The first kappa shape index (κ1) is 17.5. The summed E-state index contributed by atoms with van der Waals surface area (Å²) in [5.41, 5.74) is 1.62. The van der Waals surface area contributed by atoms with E-state index in [1.807, 2.05) is 43.3 Å². The quantitative estimate of drug-likeness (QED) is 0.707. The van der Waals surface area contributed by atoms with Crippen molar-refractivity contribution in [1.29, 1.82) is 0 Å². The summed E-state index contributed by atoms with van der Waals surface area (Å²) in [6.07, 6.45) is 0. The SMILES string of the molecule is COc1ccc2nc(C)cc(OCC(=O)NCc3ccc(Cl)s3)c2c1. The van der Waals surface area contributed by atoms with Crippen LogP contribution >= 0.6 is 22.9 Å². The molecule has 0 fully saturated rings. The zero-order valence-corrected chi connectivity index (χ0v) is 15.4. The molecule has 0 saturated carbocycles. The third-order valence-electron chi connectivity index (χ3n) is 3.55. The van der Waals surface area contributed by atoms with Gasteiger partial charge >= 0.3 is 0 Å². The average molecular weight is 377 g/mol. The van der Waals surface area contributed by atoms with Gasteiger partial charge in [0, 0.05) is 22.0 Å². The number of hydrogen-bond donors (Lipinski definition) is 1. The Balaban J connectivity index is 1.68. The van der Waals surface area contributed by atoms with Crippen molar-refractivity contribution in [2.75, 3.05) is 13.7 Å². The molecule has 0 aliphatic rings. The Morgan fingerprint density at radius 3 is 2.84 bits per heavy atom. The highest BCUT2D eigenvalue weighted by atomic mass is 35.5. The molecule has 130 valence electrons. The lowest BCUT2D eigenvalue weighted by molar-refractivity contribution is -0.123. The maximum absolute atomic E-state index is 12.0. The van der Waals surface area contributed by atoms with Crippen molar-refractivity contribution in [3.63, 3.8) is 0 Å². The Kier molecular flexibility index (Phi) is 5.40. The molecule has 1 aromatic carbocycles. The second-order valence-electron chi connectivity index (χ2n) is 5.42. The van der Waals surface area contributed by atoms with E-state index in [1.165, 1.54) is 11.3 Å². The molecule has 0 aliphatic heterocycles. The lowest BCUT2D eigenvalue weighted by Crippen LogP contribution is -2.28. The van der Waals surface area contributed by atoms with Gasteiger partial charge < -0.3 is 14.8 Å². The fourth-order valence-corrected chi connectivity index (χ4v) is 3.40. The first-order valence-corrected chi connectivity index (χ1v) is 8.83. The molecular weight excluding hydrogens is 360 g/mol. The normalized spacial score (nSPS) is 10.7. The highest BCUT2D eigenvalue weighted by molar-refractivity contribution is 7.16. The fraction of sp³-hybridized carbons (Fsp3) is 0.222. The van der Waals surface area contributed by atoms with Gasteiger partial charge in [-0.15, -0.1) is 11.3 Å². The number of ether oxygens (including phenoxy) is 2. The summed E-state index contributed by atoms with van der Waals surface area (Å²) in [6, 6.07) is 11.1. The van der Waals surface area contributed by atoms with Gasteiger partial charge in [-0.1, -0.05) is 11.6 Å². The van der Waals surface area contributed by atoms with Crippen LogP contribution < -0.4 is 14.8 Å². The summed E-state index contributed by atoms with van der Waals surface area (Å²) >= 11 is 7.32. The van der Waals surface area contributed by atoms with Crippen LogP contribution in [0, 0.1) is 6.92 Å². The number of rotatable bonds is 6. The first-order valence-electron chi connectivity index (χ1n) is 7.64. The number of hydrogen-bond acceptors (Lipinski definition) is 5. The monoisotopic (exact) mass is 376 g/mol. The van der Waals surface area contributed by atoms with Gasteiger partial charge in [-0.3, -0.25) is 9.78 Å². The zero-order valence-electron chi connectivity index (χ0n) is 13.8. The number of pyridine rings is 1. The lowest BCUT2D eigenvalue weighted by Gasteiger charge is -2.11. The number of carbonyl (C=O) groups excluding carboxylic acids is 1. The largest absolute Gasteiger partial charge is 0.497 e. The molecule has 1 N–H and O–H groups in total. The smallest absolute Gasteiger partial charge is 0.258 e. The van der Waals surface area contributed by atoms with Crippen LogP contribution in [-0.2, 0) is 11.3 Å². The van der Waals surface area contributed by atoms with Crippen LogP contribution in [-0.4, -0.2) is 24.6 Å². The highest BCUT2D eigenvalue weighted by Crippen LogP contribution is 2.29. The van der Waals surface area contributed by atoms with E-state index in [-0.39, 0.29) is 12.5 Å². The maximum atomic E-state index is 12.0. The van der Waals surface area contributed by atoms with Crippen molar-refractivity contribution in [2.45, 2.75) is 13.5 Å². The first-order chi connectivity index (χ1) is 12.0. The number of aryl methyl sites for hydroxylation is 1. The number of halogens is 1. The second-order valence-corrected chi connectivity index (χ2v) is 7.22. The van der Waals surface area contributed by atoms with E-state index in [2.05, 4.69) is 10.3 Å². The number of aromatic nitrogens is 1. The van der Waals surface area contributed by atoms with Crippen molar-refractivity contribution < 1.29 is 14.3 Å². The Morgan fingerprint density at radius 2 is 2.12 bits per heavy atom. The molecule has 0 unspecified atom stereocenters. The summed E-state index contributed by atoms with van der Waals surface area (Å²) in [4.78, 5) is 17.5. The van der Waals surface area contributed by atoms with Crippen LogP contribution in [0.2, 0.25) is 4.34 Å². The Bertz CT molecular complexity index is 910. The number of carbonyl (C=O) groups is 1. The molecule has 0 spiro atoms. The Labute approximate surface area is 154 Å². The topological polar surface area (TPSA) is 60.5 Å². The van der Waals surface area contributed by atoms with Gasteiger partial charge in [-0.25, -0.2) is 0 Å².